The molecule has 0 aliphatic carbocycles. The normalized spacial score (nSPS) is 10.8. The van der Waals surface area contributed by atoms with Crippen LogP contribution in [0.15, 0.2) is 36.8 Å². The smallest absolute Gasteiger partial charge is 0.128 e. The fourth-order valence-electron chi connectivity index (χ4n) is 1.70. The van der Waals surface area contributed by atoms with Crippen molar-refractivity contribution in [3.05, 3.63) is 42.6 Å². The van der Waals surface area contributed by atoms with Crippen molar-refractivity contribution in [1.29, 1.82) is 0 Å². The molecule has 0 atom stereocenters. The lowest BCUT2D eigenvalue weighted by Gasteiger charge is -2.08. The Morgan fingerprint density at radius 2 is 1.83 bits per heavy atom. The number of pyridine rings is 1. The van der Waals surface area contributed by atoms with E-state index in [4.69, 9.17) is 0 Å². The van der Waals surface area contributed by atoms with E-state index < -0.39 is 0 Å². The molecule has 0 bridgehead atoms. The fourth-order valence-corrected chi connectivity index (χ4v) is 1.70. The molecule has 2 heterocycles. The summed E-state index contributed by atoms with van der Waals surface area (Å²) in [7, 11) is 4.15. The molecular weight excluding hydrogens is 224 g/mol. The number of hydrogen-bond acceptors (Lipinski definition) is 4. The Kier molecular flexibility index (Phi) is 4.36. The zero-order chi connectivity index (χ0) is 12.8. The molecule has 0 radical (unpaired) electrons. The standard InChI is InChI=1S/C14H18N4/c1-18(2)9-5-7-14-16-10-12(11-17-14)13-6-3-4-8-15-13/h3-4,6,8,10-11H,5,7,9H2,1-2H3. The minimum Gasteiger partial charge on any atom is -0.309 e. The maximum atomic E-state index is 4.38. The Morgan fingerprint density at radius 1 is 1.06 bits per heavy atom. The van der Waals surface area contributed by atoms with E-state index in [0.29, 0.717) is 0 Å². The van der Waals surface area contributed by atoms with Crippen LogP contribution in [0.2, 0.25) is 0 Å². The van der Waals surface area contributed by atoms with Crippen molar-refractivity contribution < 1.29 is 0 Å². The molecule has 18 heavy (non-hydrogen) atoms. The van der Waals surface area contributed by atoms with E-state index in [1.807, 2.05) is 30.6 Å². The summed E-state index contributed by atoms with van der Waals surface area (Å²) in [6, 6.07) is 5.83. The topological polar surface area (TPSA) is 41.9 Å². The highest BCUT2D eigenvalue weighted by Crippen LogP contribution is 2.13. The third-order valence-electron chi connectivity index (χ3n) is 2.67. The van der Waals surface area contributed by atoms with Gasteiger partial charge in [0.05, 0.1) is 5.69 Å². The number of nitrogens with zero attached hydrogens (tertiary/aromatic N) is 4. The van der Waals surface area contributed by atoms with Crippen molar-refractivity contribution >= 4 is 0 Å². The number of rotatable bonds is 5. The van der Waals surface area contributed by atoms with Crippen LogP contribution in [0.4, 0.5) is 0 Å². The van der Waals surface area contributed by atoms with Crippen molar-refractivity contribution in [3.63, 3.8) is 0 Å². The maximum Gasteiger partial charge on any atom is 0.128 e. The fraction of sp³-hybridized carbons (Fsp3) is 0.357. The first-order valence-electron chi connectivity index (χ1n) is 6.13. The molecular formula is C14H18N4. The lowest BCUT2D eigenvalue weighted by molar-refractivity contribution is 0.398. The highest BCUT2D eigenvalue weighted by Gasteiger charge is 2.01. The highest BCUT2D eigenvalue weighted by atomic mass is 15.0. The van der Waals surface area contributed by atoms with Gasteiger partial charge in [0.25, 0.3) is 0 Å². The average molecular weight is 242 g/mol. The van der Waals surface area contributed by atoms with Gasteiger partial charge in [-0.1, -0.05) is 6.07 Å². The summed E-state index contributed by atoms with van der Waals surface area (Å²) in [6.45, 7) is 1.06. The number of aryl methyl sites for hydroxylation is 1. The molecule has 0 fully saturated rings. The van der Waals surface area contributed by atoms with Crippen molar-refractivity contribution in [2.24, 2.45) is 0 Å². The monoisotopic (exact) mass is 242 g/mol. The van der Waals surface area contributed by atoms with Gasteiger partial charge < -0.3 is 4.90 Å². The molecule has 0 aliphatic rings. The predicted octanol–water partition coefficient (Wildman–Crippen LogP) is 2.03. The summed E-state index contributed by atoms with van der Waals surface area (Å²) < 4.78 is 0. The second kappa shape index (κ2) is 6.21. The molecule has 0 spiro atoms. The zero-order valence-corrected chi connectivity index (χ0v) is 10.9. The quantitative estimate of drug-likeness (QED) is 0.804. The maximum absolute atomic E-state index is 4.38. The molecule has 0 aromatic carbocycles. The van der Waals surface area contributed by atoms with Gasteiger partial charge in [-0.05, 0) is 39.2 Å². The van der Waals surface area contributed by atoms with Crippen molar-refractivity contribution in [3.8, 4) is 11.3 Å². The minimum absolute atomic E-state index is 0.900. The summed E-state index contributed by atoms with van der Waals surface area (Å²) in [6.07, 6.45) is 7.47. The van der Waals surface area contributed by atoms with E-state index in [1.54, 1.807) is 6.20 Å². The van der Waals surface area contributed by atoms with Gasteiger partial charge >= 0.3 is 0 Å². The minimum atomic E-state index is 0.900. The van der Waals surface area contributed by atoms with Gasteiger partial charge in [0.15, 0.2) is 0 Å². The zero-order valence-electron chi connectivity index (χ0n) is 10.9. The van der Waals surface area contributed by atoms with Crippen molar-refractivity contribution in [1.82, 2.24) is 19.9 Å². The van der Waals surface area contributed by atoms with Gasteiger partial charge in [-0.25, -0.2) is 9.97 Å². The van der Waals surface area contributed by atoms with Crippen LogP contribution in [0, 0.1) is 0 Å². The third kappa shape index (κ3) is 3.60. The van der Waals surface area contributed by atoms with Crippen molar-refractivity contribution in [2.45, 2.75) is 12.8 Å². The second-order valence-electron chi connectivity index (χ2n) is 4.51. The molecule has 0 saturated carbocycles. The van der Waals surface area contributed by atoms with E-state index in [-0.39, 0.29) is 0 Å². The van der Waals surface area contributed by atoms with E-state index in [1.165, 1.54) is 0 Å². The van der Waals surface area contributed by atoms with E-state index >= 15 is 0 Å². The number of aromatic nitrogens is 3. The highest BCUT2D eigenvalue weighted by molar-refractivity contribution is 5.55. The summed E-state index contributed by atoms with van der Waals surface area (Å²) in [5.74, 6) is 0.900. The van der Waals surface area contributed by atoms with E-state index in [2.05, 4.69) is 33.9 Å². The van der Waals surface area contributed by atoms with E-state index in [9.17, 15) is 0 Å². The van der Waals surface area contributed by atoms with Crippen LogP contribution in [-0.2, 0) is 6.42 Å². The van der Waals surface area contributed by atoms with Gasteiger partial charge in [-0.15, -0.1) is 0 Å². The van der Waals surface area contributed by atoms with Crippen LogP contribution in [0.5, 0.6) is 0 Å². The van der Waals surface area contributed by atoms with Crippen LogP contribution >= 0.6 is 0 Å². The molecule has 0 saturated heterocycles. The molecule has 0 unspecified atom stereocenters. The van der Waals surface area contributed by atoms with Gasteiger partial charge in [0, 0.05) is 30.6 Å². The Balaban J connectivity index is 1.98. The van der Waals surface area contributed by atoms with Crippen LogP contribution in [0.3, 0.4) is 0 Å². The molecule has 4 heteroatoms. The SMILES string of the molecule is CN(C)CCCc1ncc(-c2ccccn2)cn1. The molecule has 0 N–H and O–H groups in total. The first-order chi connectivity index (χ1) is 8.75. The Morgan fingerprint density at radius 3 is 2.44 bits per heavy atom. The molecule has 0 aliphatic heterocycles. The molecule has 2 aromatic rings. The lowest BCUT2D eigenvalue weighted by Crippen LogP contribution is -2.14. The number of hydrogen-bond donors (Lipinski definition) is 0. The van der Waals surface area contributed by atoms with Crippen LogP contribution in [0.1, 0.15) is 12.2 Å². The largest absolute Gasteiger partial charge is 0.309 e. The van der Waals surface area contributed by atoms with Gasteiger partial charge in [0.2, 0.25) is 0 Å². The average Bonchev–Trinajstić information content (AvgIpc) is 2.40. The van der Waals surface area contributed by atoms with Gasteiger partial charge in [0.1, 0.15) is 5.82 Å². The van der Waals surface area contributed by atoms with Crippen LogP contribution in [0.25, 0.3) is 11.3 Å². The Labute approximate surface area is 108 Å². The molecule has 2 rings (SSSR count). The summed E-state index contributed by atoms with van der Waals surface area (Å²) in [5, 5.41) is 0. The first kappa shape index (κ1) is 12.6. The lowest BCUT2D eigenvalue weighted by atomic mass is 10.2. The van der Waals surface area contributed by atoms with Gasteiger partial charge in [-0.2, -0.15) is 0 Å². The van der Waals surface area contributed by atoms with E-state index in [0.717, 1.165) is 36.5 Å². The molecule has 94 valence electrons. The molecule has 2 aromatic heterocycles. The summed E-state index contributed by atoms with van der Waals surface area (Å²) >= 11 is 0. The van der Waals surface area contributed by atoms with Gasteiger partial charge in [-0.3, -0.25) is 4.98 Å². The summed E-state index contributed by atoms with van der Waals surface area (Å²) in [4.78, 5) is 15.2. The van der Waals surface area contributed by atoms with Crippen LogP contribution < -0.4 is 0 Å². The predicted molar refractivity (Wildman–Crippen MR) is 72.1 cm³/mol. The molecule has 0 amide bonds. The van der Waals surface area contributed by atoms with Crippen molar-refractivity contribution in [2.75, 3.05) is 20.6 Å². The molecule has 4 nitrogen and oxygen atoms in total. The van der Waals surface area contributed by atoms with Crippen LogP contribution in [-0.4, -0.2) is 40.5 Å². The Hall–Kier alpha value is -1.81. The Bertz CT molecular complexity index is 465. The second-order valence-corrected chi connectivity index (χ2v) is 4.51. The third-order valence-corrected chi connectivity index (χ3v) is 2.67. The summed E-state index contributed by atoms with van der Waals surface area (Å²) in [5.41, 5.74) is 1.88. The first-order valence-corrected chi connectivity index (χ1v) is 6.13.